The van der Waals surface area contributed by atoms with E-state index in [-0.39, 0.29) is 17.4 Å². The van der Waals surface area contributed by atoms with Crippen LogP contribution in [0, 0.1) is 5.82 Å². The van der Waals surface area contributed by atoms with Crippen LogP contribution in [0.15, 0.2) is 36.4 Å². The summed E-state index contributed by atoms with van der Waals surface area (Å²) in [6.07, 6.45) is 0.828. The zero-order chi connectivity index (χ0) is 21.9. The molecule has 0 amide bonds. The number of halogens is 1. The number of methoxy groups -OCH3 is 2. The molecule has 1 atom stereocenters. The van der Waals surface area contributed by atoms with Gasteiger partial charge in [0.2, 0.25) is 0 Å². The van der Waals surface area contributed by atoms with Gasteiger partial charge in [-0.1, -0.05) is 0 Å². The van der Waals surface area contributed by atoms with Crippen molar-refractivity contribution in [3.8, 4) is 17.2 Å². The van der Waals surface area contributed by atoms with Crippen molar-refractivity contribution in [2.75, 3.05) is 27.4 Å². The fraction of sp³-hybridized carbons (Fsp3) is 0.435. The van der Waals surface area contributed by atoms with Crippen LogP contribution in [0.4, 0.5) is 4.39 Å². The maximum atomic E-state index is 13.2. The minimum absolute atomic E-state index is 0.124. The number of thiocarbonyl (C=S) groups is 1. The quantitative estimate of drug-likeness (QED) is 0.702. The maximum absolute atomic E-state index is 13.2. The smallest absolute Gasteiger partial charge is 0.169 e. The van der Waals surface area contributed by atoms with E-state index in [9.17, 15) is 4.39 Å². The second-order valence-electron chi connectivity index (χ2n) is 8.31. The van der Waals surface area contributed by atoms with Gasteiger partial charge >= 0.3 is 0 Å². The van der Waals surface area contributed by atoms with Crippen LogP contribution in [-0.2, 0) is 6.42 Å². The zero-order valence-corrected chi connectivity index (χ0v) is 18.9. The van der Waals surface area contributed by atoms with Crippen LogP contribution in [0.25, 0.3) is 0 Å². The Hall–Kier alpha value is -2.54. The number of hydrogen-bond acceptors (Lipinski definition) is 4. The largest absolute Gasteiger partial charge is 0.493 e. The third-order valence-electron chi connectivity index (χ3n) is 4.97. The molecule has 3 rings (SSSR count). The number of nitrogens with one attached hydrogen (secondary N) is 1. The predicted molar refractivity (Wildman–Crippen MR) is 120 cm³/mol. The van der Waals surface area contributed by atoms with Crippen molar-refractivity contribution in [3.05, 3.63) is 53.3 Å². The number of rotatable bonds is 5. The van der Waals surface area contributed by atoms with Crippen molar-refractivity contribution in [1.82, 2.24) is 10.2 Å². The van der Waals surface area contributed by atoms with Gasteiger partial charge in [0.15, 0.2) is 16.6 Å². The Labute approximate surface area is 183 Å². The summed E-state index contributed by atoms with van der Waals surface area (Å²) in [5, 5.41) is 4.08. The van der Waals surface area contributed by atoms with Crippen LogP contribution in [0.2, 0.25) is 0 Å². The van der Waals surface area contributed by atoms with E-state index in [0.717, 1.165) is 18.5 Å². The highest BCUT2D eigenvalue weighted by molar-refractivity contribution is 7.80. The molecule has 1 heterocycles. The fourth-order valence-electron chi connectivity index (χ4n) is 3.55. The van der Waals surface area contributed by atoms with Gasteiger partial charge in [-0.05, 0) is 86.9 Å². The average molecular weight is 433 g/mol. The molecule has 162 valence electrons. The van der Waals surface area contributed by atoms with Gasteiger partial charge in [-0.2, -0.15) is 0 Å². The van der Waals surface area contributed by atoms with Crippen molar-refractivity contribution in [3.63, 3.8) is 0 Å². The molecule has 0 unspecified atom stereocenters. The lowest BCUT2D eigenvalue weighted by Crippen LogP contribution is -2.52. The third kappa shape index (κ3) is 5.14. The van der Waals surface area contributed by atoms with Gasteiger partial charge in [0.05, 0.1) is 20.3 Å². The van der Waals surface area contributed by atoms with Gasteiger partial charge in [0.25, 0.3) is 0 Å². The Bertz CT molecular complexity index is 897. The number of nitrogens with zero attached hydrogens (tertiary/aromatic N) is 1. The molecule has 0 aromatic heterocycles. The average Bonchev–Trinajstić information content (AvgIpc) is 2.70. The lowest BCUT2D eigenvalue weighted by atomic mass is 9.92. The second kappa shape index (κ2) is 9.08. The molecule has 2 aromatic carbocycles. The van der Waals surface area contributed by atoms with Gasteiger partial charge in [-0.25, -0.2) is 4.39 Å². The molecule has 0 aliphatic carbocycles. The Kier molecular flexibility index (Phi) is 6.71. The maximum Gasteiger partial charge on any atom is 0.169 e. The summed E-state index contributed by atoms with van der Waals surface area (Å²) in [5.74, 6) is 1.69. The van der Waals surface area contributed by atoms with E-state index in [1.165, 1.54) is 17.7 Å². The molecule has 1 N–H and O–H groups in total. The van der Waals surface area contributed by atoms with E-state index < -0.39 is 0 Å². The molecule has 2 aromatic rings. The zero-order valence-electron chi connectivity index (χ0n) is 18.1. The van der Waals surface area contributed by atoms with Crippen molar-refractivity contribution in [2.24, 2.45) is 0 Å². The Morgan fingerprint density at radius 2 is 1.77 bits per heavy atom. The molecule has 1 aliphatic heterocycles. The van der Waals surface area contributed by atoms with Crippen LogP contribution < -0.4 is 19.5 Å². The van der Waals surface area contributed by atoms with Crippen molar-refractivity contribution in [2.45, 2.75) is 38.8 Å². The first kappa shape index (κ1) is 22.2. The molecule has 0 saturated heterocycles. The van der Waals surface area contributed by atoms with Crippen molar-refractivity contribution >= 4 is 17.3 Å². The summed E-state index contributed by atoms with van der Waals surface area (Å²) in [6, 6.07) is 9.94. The van der Waals surface area contributed by atoms with Gasteiger partial charge in [0, 0.05) is 12.1 Å². The number of ether oxygens (including phenoxy) is 3. The van der Waals surface area contributed by atoms with Gasteiger partial charge in [-0.15, -0.1) is 0 Å². The molecular formula is C23H29FN2O3S. The standard InChI is InChI=1S/C23H29FN2O3S/c1-23(2,3)25-22(30)26-11-10-15-12-20(27-4)21(28-5)13-18(15)19(26)14-29-17-8-6-16(24)7-9-17/h6-9,12-13,19H,10-11,14H2,1-5H3,(H,25,30)/t19-/m1/s1. The Morgan fingerprint density at radius 1 is 1.13 bits per heavy atom. The van der Waals surface area contributed by atoms with E-state index >= 15 is 0 Å². The molecule has 1 aliphatic rings. The minimum atomic E-state index is -0.292. The molecule has 0 bridgehead atoms. The monoisotopic (exact) mass is 432 g/mol. The van der Waals surface area contributed by atoms with E-state index in [1.807, 2.05) is 12.1 Å². The molecule has 0 saturated carbocycles. The number of benzene rings is 2. The highest BCUT2D eigenvalue weighted by atomic mass is 32.1. The fourth-order valence-corrected chi connectivity index (χ4v) is 4.07. The summed E-state index contributed by atoms with van der Waals surface area (Å²) < 4.78 is 30.3. The third-order valence-corrected chi connectivity index (χ3v) is 5.30. The minimum Gasteiger partial charge on any atom is -0.493 e. The first-order chi connectivity index (χ1) is 14.2. The van der Waals surface area contributed by atoms with Crippen LogP contribution >= 0.6 is 12.2 Å². The topological polar surface area (TPSA) is 43.0 Å². The van der Waals surface area contributed by atoms with Crippen LogP contribution in [0.3, 0.4) is 0 Å². The van der Waals surface area contributed by atoms with Crippen LogP contribution in [0.5, 0.6) is 17.2 Å². The Balaban J connectivity index is 1.94. The normalized spacial score (nSPS) is 15.9. The Morgan fingerprint density at radius 3 is 2.37 bits per heavy atom. The highest BCUT2D eigenvalue weighted by Crippen LogP contribution is 2.38. The molecule has 0 spiro atoms. The number of fused-ring (bicyclic) bond motifs is 1. The molecule has 0 radical (unpaired) electrons. The summed E-state index contributed by atoms with van der Waals surface area (Å²) in [7, 11) is 3.26. The summed E-state index contributed by atoms with van der Waals surface area (Å²) >= 11 is 5.74. The van der Waals surface area contributed by atoms with E-state index in [1.54, 1.807) is 26.4 Å². The predicted octanol–water partition coefficient (Wildman–Crippen LogP) is 4.49. The summed E-state index contributed by atoms with van der Waals surface area (Å²) in [4.78, 5) is 2.15. The van der Waals surface area contributed by atoms with E-state index in [4.69, 9.17) is 26.4 Å². The highest BCUT2D eigenvalue weighted by Gasteiger charge is 2.32. The van der Waals surface area contributed by atoms with E-state index in [2.05, 4.69) is 31.0 Å². The summed E-state index contributed by atoms with van der Waals surface area (Å²) in [6.45, 7) is 7.35. The second-order valence-corrected chi connectivity index (χ2v) is 8.70. The van der Waals surface area contributed by atoms with Crippen LogP contribution in [-0.4, -0.2) is 42.9 Å². The lowest BCUT2D eigenvalue weighted by molar-refractivity contribution is 0.184. The lowest BCUT2D eigenvalue weighted by Gasteiger charge is -2.41. The first-order valence-corrected chi connectivity index (χ1v) is 10.3. The summed E-state index contributed by atoms with van der Waals surface area (Å²) in [5.41, 5.74) is 2.10. The van der Waals surface area contributed by atoms with Gasteiger partial charge < -0.3 is 24.4 Å². The molecule has 5 nitrogen and oxygen atoms in total. The molecule has 30 heavy (non-hydrogen) atoms. The SMILES string of the molecule is COc1cc2c(cc1OC)[C@@H](COc1ccc(F)cc1)N(C(=S)NC(C)(C)C)CC2. The first-order valence-electron chi connectivity index (χ1n) is 9.94. The molecule has 7 heteroatoms. The number of hydrogen-bond donors (Lipinski definition) is 1. The van der Waals surface area contributed by atoms with Crippen molar-refractivity contribution in [1.29, 1.82) is 0 Å². The van der Waals surface area contributed by atoms with Gasteiger partial charge in [-0.3, -0.25) is 0 Å². The molecule has 0 fully saturated rings. The molecular weight excluding hydrogens is 403 g/mol. The van der Waals surface area contributed by atoms with Crippen LogP contribution in [0.1, 0.15) is 37.9 Å². The van der Waals surface area contributed by atoms with E-state index in [0.29, 0.717) is 29.0 Å². The van der Waals surface area contributed by atoms with Gasteiger partial charge in [0.1, 0.15) is 18.2 Å². The van der Waals surface area contributed by atoms with Crippen molar-refractivity contribution < 1.29 is 18.6 Å².